The molecule has 118 valence electrons. The molecule has 0 amide bonds. The highest BCUT2D eigenvalue weighted by molar-refractivity contribution is 5.83. The number of aromatic nitrogens is 2. The molecule has 23 heavy (non-hydrogen) atoms. The van der Waals surface area contributed by atoms with Gasteiger partial charge in [0, 0.05) is 23.4 Å². The van der Waals surface area contributed by atoms with Crippen molar-refractivity contribution >= 4 is 22.3 Å². The molecule has 0 bridgehead atoms. The second kappa shape index (κ2) is 6.05. The number of nitrogens with one attached hydrogen (secondary N) is 1. The monoisotopic (exact) mass is 307 g/mol. The molecule has 2 heterocycles. The number of rotatable bonds is 3. The van der Waals surface area contributed by atoms with E-state index in [0.29, 0.717) is 0 Å². The number of anilines is 2. The minimum atomic E-state index is 0.0807. The largest absolute Gasteiger partial charge is 0.356 e. The summed E-state index contributed by atoms with van der Waals surface area (Å²) in [4.78, 5) is 0. The molecule has 0 radical (unpaired) electrons. The van der Waals surface area contributed by atoms with Gasteiger partial charge in [0.15, 0.2) is 6.23 Å². The summed E-state index contributed by atoms with van der Waals surface area (Å²) in [7, 11) is 0. The minimum Gasteiger partial charge on any atom is -0.356 e. The van der Waals surface area contributed by atoms with Crippen LogP contribution in [0.5, 0.6) is 0 Å². The average Bonchev–Trinajstić information content (AvgIpc) is 3.01. The average molecular weight is 307 g/mol. The van der Waals surface area contributed by atoms with Crippen molar-refractivity contribution in [2.24, 2.45) is 0 Å². The van der Waals surface area contributed by atoms with Crippen LogP contribution in [0.4, 0.5) is 11.4 Å². The Balaban J connectivity index is 1.60. The Morgan fingerprint density at radius 1 is 1.09 bits per heavy atom. The SMILES string of the molecule is Cc1ccc(Nc2ccc3c(cnn3C3CCCCO3)c2)cc1. The molecule has 3 aromatic rings. The van der Waals surface area contributed by atoms with Crippen LogP contribution >= 0.6 is 0 Å². The molecule has 0 saturated carbocycles. The summed E-state index contributed by atoms with van der Waals surface area (Å²) >= 11 is 0. The van der Waals surface area contributed by atoms with E-state index in [1.807, 2.05) is 10.9 Å². The van der Waals surface area contributed by atoms with Gasteiger partial charge in [-0.15, -0.1) is 0 Å². The number of hydrogen-bond acceptors (Lipinski definition) is 3. The van der Waals surface area contributed by atoms with E-state index in [1.54, 1.807) is 0 Å². The fourth-order valence-corrected chi connectivity index (χ4v) is 3.08. The number of aryl methyl sites for hydroxylation is 1. The maximum absolute atomic E-state index is 5.85. The first kappa shape index (κ1) is 14.3. The van der Waals surface area contributed by atoms with Crippen LogP contribution in [0.3, 0.4) is 0 Å². The van der Waals surface area contributed by atoms with Gasteiger partial charge in [-0.3, -0.25) is 0 Å². The van der Waals surface area contributed by atoms with Crippen LogP contribution in [-0.4, -0.2) is 16.4 Å². The molecule has 0 spiro atoms. The first-order chi connectivity index (χ1) is 11.3. The molecule has 1 N–H and O–H groups in total. The zero-order valence-corrected chi connectivity index (χ0v) is 13.3. The van der Waals surface area contributed by atoms with Gasteiger partial charge in [0.25, 0.3) is 0 Å². The Kier molecular flexibility index (Phi) is 3.75. The Labute approximate surface area is 136 Å². The van der Waals surface area contributed by atoms with Gasteiger partial charge in [0.05, 0.1) is 11.7 Å². The van der Waals surface area contributed by atoms with Crippen molar-refractivity contribution in [3.05, 3.63) is 54.2 Å². The van der Waals surface area contributed by atoms with E-state index in [-0.39, 0.29) is 6.23 Å². The zero-order chi connectivity index (χ0) is 15.6. The molecular formula is C19H21N3O. The number of benzene rings is 2. The number of nitrogens with zero attached hydrogens (tertiary/aromatic N) is 2. The van der Waals surface area contributed by atoms with Crippen molar-refractivity contribution in [1.29, 1.82) is 0 Å². The van der Waals surface area contributed by atoms with E-state index >= 15 is 0 Å². The van der Waals surface area contributed by atoms with Crippen LogP contribution in [0.15, 0.2) is 48.7 Å². The van der Waals surface area contributed by atoms with Gasteiger partial charge >= 0.3 is 0 Å². The molecule has 1 saturated heterocycles. The topological polar surface area (TPSA) is 39.1 Å². The van der Waals surface area contributed by atoms with Crippen molar-refractivity contribution in [2.75, 3.05) is 11.9 Å². The van der Waals surface area contributed by atoms with Gasteiger partial charge in [0.2, 0.25) is 0 Å². The van der Waals surface area contributed by atoms with E-state index in [0.717, 1.165) is 41.7 Å². The van der Waals surface area contributed by atoms with Crippen LogP contribution in [0.1, 0.15) is 31.1 Å². The molecule has 0 aliphatic carbocycles. The normalized spacial score (nSPS) is 18.2. The van der Waals surface area contributed by atoms with Gasteiger partial charge in [-0.1, -0.05) is 17.7 Å². The van der Waals surface area contributed by atoms with Crippen molar-refractivity contribution in [3.63, 3.8) is 0 Å². The lowest BCUT2D eigenvalue weighted by molar-refractivity contribution is -0.0366. The van der Waals surface area contributed by atoms with Gasteiger partial charge < -0.3 is 10.1 Å². The molecule has 4 rings (SSSR count). The molecule has 1 atom stereocenters. The van der Waals surface area contributed by atoms with E-state index in [9.17, 15) is 0 Å². The van der Waals surface area contributed by atoms with Crippen LogP contribution < -0.4 is 5.32 Å². The Morgan fingerprint density at radius 2 is 1.91 bits per heavy atom. The Bertz CT molecular complexity index is 801. The predicted molar refractivity (Wildman–Crippen MR) is 93.0 cm³/mol. The third-order valence-electron chi connectivity index (χ3n) is 4.36. The smallest absolute Gasteiger partial charge is 0.150 e. The van der Waals surface area contributed by atoms with Crippen molar-refractivity contribution in [1.82, 2.24) is 9.78 Å². The van der Waals surface area contributed by atoms with Gasteiger partial charge in [0.1, 0.15) is 0 Å². The molecular weight excluding hydrogens is 286 g/mol. The minimum absolute atomic E-state index is 0.0807. The second-order valence-electron chi connectivity index (χ2n) is 6.17. The first-order valence-electron chi connectivity index (χ1n) is 8.22. The lowest BCUT2D eigenvalue weighted by Gasteiger charge is -2.23. The first-order valence-corrected chi connectivity index (χ1v) is 8.22. The highest BCUT2D eigenvalue weighted by atomic mass is 16.5. The Morgan fingerprint density at radius 3 is 2.70 bits per heavy atom. The lowest BCUT2D eigenvalue weighted by Crippen LogP contribution is -2.18. The summed E-state index contributed by atoms with van der Waals surface area (Å²) in [6.45, 7) is 2.93. The van der Waals surface area contributed by atoms with E-state index in [2.05, 4.69) is 59.8 Å². The standard InChI is InChI=1S/C19H21N3O/c1-14-5-7-16(8-6-14)21-17-9-10-18-15(12-17)13-20-22(18)19-4-2-3-11-23-19/h5-10,12-13,19,21H,2-4,11H2,1H3. The number of ether oxygens (including phenoxy) is 1. The highest BCUT2D eigenvalue weighted by Crippen LogP contribution is 2.28. The summed E-state index contributed by atoms with van der Waals surface area (Å²) in [6.07, 6.45) is 5.41. The van der Waals surface area contributed by atoms with Crippen LogP contribution in [0, 0.1) is 6.92 Å². The van der Waals surface area contributed by atoms with Crippen molar-refractivity contribution in [3.8, 4) is 0 Å². The zero-order valence-electron chi connectivity index (χ0n) is 13.3. The van der Waals surface area contributed by atoms with Gasteiger partial charge in [-0.2, -0.15) is 5.10 Å². The molecule has 1 aliphatic heterocycles. The van der Waals surface area contributed by atoms with Crippen LogP contribution in [0.25, 0.3) is 10.9 Å². The molecule has 4 heteroatoms. The van der Waals surface area contributed by atoms with Gasteiger partial charge in [-0.05, 0) is 56.5 Å². The fourth-order valence-electron chi connectivity index (χ4n) is 3.08. The highest BCUT2D eigenvalue weighted by Gasteiger charge is 2.18. The molecule has 1 aromatic heterocycles. The third-order valence-corrected chi connectivity index (χ3v) is 4.36. The molecule has 4 nitrogen and oxygen atoms in total. The molecule has 1 unspecified atom stereocenters. The maximum atomic E-state index is 5.85. The van der Waals surface area contributed by atoms with E-state index < -0.39 is 0 Å². The summed E-state index contributed by atoms with van der Waals surface area (Å²) in [5, 5.41) is 9.12. The summed E-state index contributed by atoms with van der Waals surface area (Å²) in [5.41, 5.74) is 4.56. The maximum Gasteiger partial charge on any atom is 0.150 e. The lowest BCUT2D eigenvalue weighted by atomic mass is 10.1. The van der Waals surface area contributed by atoms with Gasteiger partial charge in [-0.25, -0.2) is 4.68 Å². The third kappa shape index (κ3) is 2.94. The predicted octanol–water partition coefficient (Wildman–Crippen LogP) is 4.79. The van der Waals surface area contributed by atoms with E-state index in [4.69, 9.17) is 4.74 Å². The number of fused-ring (bicyclic) bond motifs is 1. The Hall–Kier alpha value is -2.33. The summed E-state index contributed by atoms with van der Waals surface area (Å²) < 4.78 is 7.87. The molecule has 1 aliphatic rings. The number of hydrogen-bond donors (Lipinski definition) is 1. The second-order valence-corrected chi connectivity index (χ2v) is 6.17. The van der Waals surface area contributed by atoms with Crippen molar-refractivity contribution < 1.29 is 4.74 Å². The summed E-state index contributed by atoms with van der Waals surface area (Å²) in [6, 6.07) is 14.8. The van der Waals surface area contributed by atoms with Crippen LogP contribution in [-0.2, 0) is 4.74 Å². The van der Waals surface area contributed by atoms with Crippen LogP contribution in [0.2, 0.25) is 0 Å². The van der Waals surface area contributed by atoms with Crippen molar-refractivity contribution in [2.45, 2.75) is 32.4 Å². The fraction of sp³-hybridized carbons (Fsp3) is 0.316. The quantitative estimate of drug-likeness (QED) is 0.756. The van der Waals surface area contributed by atoms with E-state index in [1.165, 1.54) is 12.0 Å². The molecule has 2 aromatic carbocycles. The summed E-state index contributed by atoms with van der Waals surface area (Å²) in [5.74, 6) is 0. The molecule has 1 fully saturated rings.